The van der Waals surface area contributed by atoms with Crippen molar-refractivity contribution in [3.8, 4) is 11.5 Å². The molecule has 4 nitrogen and oxygen atoms in total. The summed E-state index contributed by atoms with van der Waals surface area (Å²) in [6, 6.07) is 14.8. The van der Waals surface area contributed by atoms with Crippen molar-refractivity contribution < 1.29 is 19.5 Å². The van der Waals surface area contributed by atoms with Crippen LogP contribution >= 0.6 is 0 Å². The van der Waals surface area contributed by atoms with Crippen molar-refractivity contribution in [2.75, 3.05) is 13.7 Å². The standard InChI is InChI=1S/C16H17BO4/c1-20-14-9-10-16(15(12-14)17(18)19)21-11-5-8-13-6-3-2-4-7-13/h2-10,12,18-19H,11H2,1H3/b8-5+. The number of ether oxygens (including phenoxy) is 2. The molecule has 0 aliphatic rings. The van der Waals surface area contributed by atoms with Crippen molar-refractivity contribution in [3.63, 3.8) is 0 Å². The minimum absolute atomic E-state index is 0.280. The van der Waals surface area contributed by atoms with Gasteiger partial charge in [0.05, 0.1) is 7.11 Å². The Hall–Kier alpha value is -2.24. The highest BCUT2D eigenvalue weighted by molar-refractivity contribution is 6.59. The van der Waals surface area contributed by atoms with Crippen molar-refractivity contribution in [2.24, 2.45) is 0 Å². The predicted molar refractivity (Wildman–Crippen MR) is 83.8 cm³/mol. The van der Waals surface area contributed by atoms with Gasteiger partial charge in [-0.15, -0.1) is 0 Å². The van der Waals surface area contributed by atoms with E-state index in [4.69, 9.17) is 9.47 Å². The van der Waals surface area contributed by atoms with Crippen molar-refractivity contribution in [3.05, 3.63) is 60.2 Å². The van der Waals surface area contributed by atoms with Crippen molar-refractivity contribution in [1.82, 2.24) is 0 Å². The second kappa shape index (κ2) is 7.52. The second-order valence-electron chi connectivity index (χ2n) is 4.40. The Bertz CT molecular complexity index is 596. The molecule has 0 heterocycles. The van der Waals surface area contributed by atoms with Gasteiger partial charge >= 0.3 is 7.12 Å². The maximum absolute atomic E-state index is 9.36. The lowest BCUT2D eigenvalue weighted by atomic mass is 9.79. The summed E-state index contributed by atoms with van der Waals surface area (Å²) in [4.78, 5) is 0. The predicted octanol–water partition coefficient (Wildman–Crippen LogP) is 1.47. The van der Waals surface area contributed by atoms with Gasteiger partial charge in [0.1, 0.15) is 18.1 Å². The lowest BCUT2D eigenvalue weighted by Gasteiger charge is -2.11. The van der Waals surface area contributed by atoms with Gasteiger partial charge in [0.25, 0.3) is 0 Å². The zero-order valence-corrected chi connectivity index (χ0v) is 11.8. The van der Waals surface area contributed by atoms with Gasteiger partial charge in [0, 0.05) is 5.46 Å². The smallest absolute Gasteiger partial charge is 0.492 e. The Kier molecular flexibility index (Phi) is 5.43. The molecule has 0 radical (unpaired) electrons. The molecule has 0 aliphatic heterocycles. The van der Waals surface area contributed by atoms with Crippen LogP contribution in [0.1, 0.15) is 5.56 Å². The molecule has 0 fully saturated rings. The van der Waals surface area contributed by atoms with Gasteiger partial charge < -0.3 is 19.5 Å². The molecule has 0 aliphatic carbocycles. The van der Waals surface area contributed by atoms with E-state index in [0.29, 0.717) is 18.1 Å². The summed E-state index contributed by atoms with van der Waals surface area (Å²) in [5.41, 5.74) is 1.36. The van der Waals surface area contributed by atoms with E-state index < -0.39 is 7.12 Å². The summed E-state index contributed by atoms with van der Waals surface area (Å²) in [6.07, 6.45) is 3.81. The van der Waals surface area contributed by atoms with Crippen LogP contribution in [0.15, 0.2) is 54.6 Å². The first-order chi connectivity index (χ1) is 10.2. The van der Waals surface area contributed by atoms with Crippen LogP contribution in [-0.4, -0.2) is 30.9 Å². The maximum atomic E-state index is 9.36. The molecule has 2 rings (SSSR count). The fourth-order valence-electron chi connectivity index (χ4n) is 1.87. The van der Waals surface area contributed by atoms with Gasteiger partial charge in [-0.1, -0.05) is 36.4 Å². The molecule has 21 heavy (non-hydrogen) atoms. The van der Waals surface area contributed by atoms with Crippen LogP contribution < -0.4 is 14.9 Å². The van der Waals surface area contributed by atoms with Gasteiger partial charge in [-0.05, 0) is 29.8 Å². The highest BCUT2D eigenvalue weighted by Gasteiger charge is 2.18. The minimum atomic E-state index is -1.60. The molecule has 0 spiro atoms. The fraction of sp³-hybridized carbons (Fsp3) is 0.125. The molecule has 2 aromatic rings. The third kappa shape index (κ3) is 4.38. The van der Waals surface area contributed by atoms with Crippen molar-refractivity contribution in [2.45, 2.75) is 0 Å². The second-order valence-corrected chi connectivity index (χ2v) is 4.40. The van der Waals surface area contributed by atoms with E-state index in [0.717, 1.165) is 5.56 Å². The van der Waals surface area contributed by atoms with Gasteiger partial charge in [-0.25, -0.2) is 0 Å². The van der Waals surface area contributed by atoms with Gasteiger partial charge in [0.2, 0.25) is 0 Å². The Morgan fingerprint density at radius 1 is 1.10 bits per heavy atom. The molecule has 0 saturated carbocycles. The fourth-order valence-corrected chi connectivity index (χ4v) is 1.87. The SMILES string of the molecule is COc1ccc(OC/C=C/c2ccccc2)c(B(O)O)c1. The third-order valence-electron chi connectivity index (χ3n) is 2.94. The third-order valence-corrected chi connectivity index (χ3v) is 2.94. The topological polar surface area (TPSA) is 58.9 Å². The number of methoxy groups -OCH3 is 1. The molecular formula is C16H17BO4. The monoisotopic (exact) mass is 284 g/mol. The number of rotatable bonds is 6. The molecule has 0 atom stereocenters. The Labute approximate surface area is 124 Å². The van der Waals surface area contributed by atoms with Crippen LogP contribution in [0.2, 0.25) is 0 Å². The number of hydrogen-bond donors (Lipinski definition) is 2. The largest absolute Gasteiger partial charge is 0.497 e. The summed E-state index contributed by atoms with van der Waals surface area (Å²) in [5, 5.41) is 18.7. The molecule has 2 aromatic carbocycles. The molecular weight excluding hydrogens is 267 g/mol. The van der Waals surface area contributed by atoms with Crippen LogP contribution in [-0.2, 0) is 0 Å². The maximum Gasteiger partial charge on any atom is 0.492 e. The average Bonchev–Trinajstić information content (AvgIpc) is 2.52. The van der Waals surface area contributed by atoms with E-state index >= 15 is 0 Å². The Balaban J connectivity index is 2.01. The van der Waals surface area contributed by atoms with Crippen LogP contribution in [0.4, 0.5) is 0 Å². The van der Waals surface area contributed by atoms with E-state index in [2.05, 4.69) is 0 Å². The van der Waals surface area contributed by atoms with Crippen LogP contribution in [0.25, 0.3) is 6.08 Å². The molecule has 0 saturated heterocycles. The highest BCUT2D eigenvalue weighted by Crippen LogP contribution is 2.15. The highest BCUT2D eigenvalue weighted by atomic mass is 16.5. The Morgan fingerprint density at radius 2 is 1.86 bits per heavy atom. The van der Waals surface area contributed by atoms with E-state index in [1.165, 1.54) is 7.11 Å². The summed E-state index contributed by atoms with van der Waals surface area (Å²) >= 11 is 0. The van der Waals surface area contributed by atoms with E-state index in [9.17, 15) is 10.0 Å². The quantitative estimate of drug-likeness (QED) is 0.789. The normalized spacial score (nSPS) is 10.6. The summed E-state index contributed by atoms with van der Waals surface area (Å²) < 4.78 is 10.6. The first-order valence-corrected chi connectivity index (χ1v) is 6.59. The molecule has 0 unspecified atom stereocenters. The van der Waals surface area contributed by atoms with Crippen molar-refractivity contribution in [1.29, 1.82) is 0 Å². The first kappa shape index (κ1) is 15.2. The zero-order valence-electron chi connectivity index (χ0n) is 11.8. The molecule has 0 bridgehead atoms. The molecule has 2 N–H and O–H groups in total. The minimum Gasteiger partial charge on any atom is -0.497 e. The molecule has 108 valence electrons. The van der Waals surface area contributed by atoms with Crippen molar-refractivity contribution >= 4 is 18.7 Å². The van der Waals surface area contributed by atoms with Gasteiger partial charge in [-0.3, -0.25) is 0 Å². The van der Waals surface area contributed by atoms with Crippen LogP contribution in [0.3, 0.4) is 0 Å². The van der Waals surface area contributed by atoms with Crippen LogP contribution in [0.5, 0.6) is 11.5 Å². The van der Waals surface area contributed by atoms with E-state index in [1.54, 1.807) is 18.2 Å². The lowest BCUT2D eigenvalue weighted by molar-refractivity contribution is 0.360. The van der Waals surface area contributed by atoms with Gasteiger partial charge in [0.15, 0.2) is 0 Å². The number of benzene rings is 2. The van der Waals surface area contributed by atoms with E-state index in [-0.39, 0.29) is 5.46 Å². The zero-order chi connectivity index (χ0) is 15.1. The molecule has 5 heteroatoms. The Morgan fingerprint density at radius 3 is 2.52 bits per heavy atom. The van der Waals surface area contributed by atoms with E-state index in [1.807, 2.05) is 42.5 Å². The first-order valence-electron chi connectivity index (χ1n) is 6.59. The lowest BCUT2D eigenvalue weighted by Crippen LogP contribution is -2.31. The average molecular weight is 284 g/mol. The molecule has 0 amide bonds. The summed E-state index contributed by atoms with van der Waals surface area (Å²) in [6.45, 7) is 0.334. The molecule has 0 aromatic heterocycles. The summed E-state index contributed by atoms with van der Waals surface area (Å²) in [5.74, 6) is 0.966. The van der Waals surface area contributed by atoms with Gasteiger partial charge in [-0.2, -0.15) is 0 Å². The van der Waals surface area contributed by atoms with Crippen LogP contribution in [0, 0.1) is 0 Å². The number of hydrogen-bond acceptors (Lipinski definition) is 4. The summed E-state index contributed by atoms with van der Waals surface area (Å²) in [7, 11) is -0.0837.